The number of carbonyl (C=O) groups excluding carboxylic acids is 1. The number of aromatic hydroxyl groups is 1. The van der Waals surface area contributed by atoms with E-state index >= 15 is 0 Å². The molecule has 1 aromatic heterocycles. The number of esters is 1. The van der Waals surface area contributed by atoms with Crippen molar-refractivity contribution < 1.29 is 14.6 Å². The predicted molar refractivity (Wildman–Crippen MR) is 109 cm³/mol. The summed E-state index contributed by atoms with van der Waals surface area (Å²) in [6, 6.07) is 11.5. The molecule has 1 aliphatic rings. The Morgan fingerprint density at radius 3 is 2.64 bits per heavy atom. The average Bonchev–Trinajstić information content (AvgIpc) is 3.07. The number of hydrogen-bond donors (Lipinski definition) is 1. The molecule has 0 saturated heterocycles. The lowest BCUT2D eigenvalue weighted by atomic mass is 9.98. The molecule has 0 aliphatic heterocycles. The highest BCUT2D eigenvalue weighted by Gasteiger charge is 2.20. The Balaban J connectivity index is 1.47. The quantitative estimate of drug-likeness (QED) is 0.511. The first-order valence-corrected chi connectivity index (χ1v) is 10.5. The first-order valence-electron chi connectivity index (χ1n) is 9.55. The Morgan fingerprint density at radius 1 is 1.18 bits per heavy atom. The van der Waals surface area contributed by atoms with Crippen molar-refractivity contribution >= 4 is 28.5 Å². The maximum atomic E-state index is 12.1. The highest BCUT2D eigenvalue weighted by molar-refractivity contribution is 7.99. The summed E-state index contributed by atoms with van der Waals surface area (Å²) in [5.74, 6) is 0.704. The van der Waals surface area contributed by atoms with Gasteiger partial charge in [-0.2, -0.15) is 0 Å². The van der Waals surface area contributed by atoms with Crippen molar-refractivity contribution in [3.05, 3.63) is 36.4 Å². The number of benzene rings is 2. The Bertz CT molecular complexity index is 996. The van der Waals surface area contributed by atoms with Crippen LogP contribution in [0.2, 0.25) is 0 Å². The van der Waals surface area contributed by atoms with Gasteiger partial charge in [0, 0.05) is 7.05 Å². The third kappa shape index (κ3) is 3.99. The van der Waals surface area contributed by atoms with Gasteiger partial charge in [-0.1, -0.05) is 42.4 Å². The first kappa shape index (κ1) is 18.8. The van der Waals surface area contributed by atoms with Crippen LogP contribution >= 0.6 is 11.8 Å². The lowest BCUT2D eigenvalue weighted by molar-refractivity contribution is -0.147. The highest BCUT2D eigenvalue weighted by atomic mass is 32.2. The van der Waals surface area contributed by atoms with Gasteiger partial charge in [-0.05, 0) is 48.6 Å². The van der Waals surface area contributed by atoms with Crippen LogP contribution in [-0.2, 0) is 16.6 Å². The summed E-state index contributed by atoms with van der Waals surface area (Å²) in [5.41, 5.74) is 0.616. The van der Waals surface area contributed by atoms with Crippen molar-refractivity contribution in [3.63, 3.8) is 0 Å². The highest BCUT2D eigenvalue weighted by Crippen LogP contribution is 2.33. The third-order valence-corrected chi connectivity index (χ3v) is 6.10. The molecule has 1 heterocycles. The fourth-order valence-corrected chi connectivity index (χ4v) is 4.30. The summed E-state index contributed by atoms with van der Waals surface area (Å²) in [7, 11) is 1.83. The number of thioether (sulfide) groups is 1. The number of fused-ring (bicyclic) bond motifs is 1. The minimum atomic E-state index is -0.213. The number of phenols is 1. The summed E-state index contributed by atoms with van der Waals surface area (Å²) in [4.78, 5) is 12.1. The molecule has 4 rings (SSSR count). The first-order chi connectivity index (χ1) is 13.6. The Hall–Kier alpha value is -2.54. The van der Waals surface area contributed by atoms with Crippen LogP contribution in [0.4, 0.5) is 0 Å². The molecule has 1 fully saturated rings. The number of rotatable bonds is 5. The molecule has 0 bridgehead atoms. The third-order valence-electron chi connectivity index (χ3n) is 5.11. The Morgan fingerprint density at radius 2 is 1.89 bits per heavy atom. The molecular formula is C21H23N3O3S. The molecule has 6 nitrogen and oxygen atoms in total. The predicted octanol–water partition coefficient (Wildman–Crippen LogP) is 4.31. The van der Waals surface area contributed by atoms with E-state index in [0.717, 1.165) is 36.5 Å². The number of hydrogen-bond acceptors (Lipinski definition) is 6. The fraction of sp³-hybridized carbons (Fsp3) is 0.381. The van der Waals surface area contributed by atoms with E-state index in [1.54, 1.807) is 10.6 Å². The van der Waals surface area contributed by atoms with E-state index in [4.69, 9.17) is 4.74 Å². The summed E-state index contributed by atoms with van der Waals surface area (Å²) in [6.07, 6.45) is 5.48. The molecule has 3 aromatic rings. The van der Waals surface area contributed by atoms with Crippen LogP contribution in [0.5, 0.6) is 5.75 Å². The number of phenolic OH excluding ortho intramolecular Hbond substituents is 1. The van der Waals surface area contributed by atoms with Gasteiger partial charge >= 0.3 is 5.97 Å². The van der Waals surface area contributed by atoms with Gasteiger partial charge in [0.15, 0.2) is 11.0 Å². The van der Waals surface area contributed by atoms with Gasteiger partial charge in [0.1, 0.15) is 11.9 Å². The summed E-state index contributed by atoms with van der Waals surface area (Å²) in [6.45, 7) is 0. The van der Waals surface area contributed by atoms with E-state index in [-0.39, 0.29) is 23.6 Å². The number of ether oxygens (including phenoxy) is 1. The molecule has 0 unspecified atom stereocenters. The second kappa shape index (κ2) is 8.22. The zero-order valence-electron chi connectivity index (χ0n) is 15.8. The molecule has 0 spiro atoms. The van der Waals surface area contributed by atoms with Crippen LogP contribution in [0.25, 0.3) is 22.2 Å². The topological polar surface area (TPSA) is 77.2 Å². The lowest BCUT2D eigenvalue weighted by Crippen LogP contribution is -2.22. The van der Waals surface area contributed by atoms with E-state index in [1.807, 2.05) is 37.4 Å². The molecule has 146 valence electrons. The SMILES string of the molecule is Cn1c(SCC(=O)OC2CCCCC2)nnc1-c1cc2ccccc2cc1O. The molecule has 28 heavy (non-hydrogen) atoms. The Labute approximate surface area is 167 Å². The van der Waals surface area contributed by atoms with E-state index in [9.17, 15) is 9.90 Å². The smallest absolute Gasteiger partial charge is 0.316 e. The van der Waals surface area contributed by atoms with Crippen LogP contribution in [-0.4, -0.2) is 37.7 Å². The van der Waals surface area contributed by atoms with E-state index in [2.05, 4.69) is 10.2 Å². The molecule has 2 aromatic carbocycles. The zero-order valence-corrected chi connectivity index (χ0v) is 16.6. The van der Waals surface area contributed by atoms with Gasteiger partial charge in [0.2, 0.25) is 0 Å². The molecular weight excluding hydrogens is 374 g/mol. The van der Waals surface area contributed by atoms with Gasteiger partial charge in [-0.25, -0.2) is 0 Å². The van der Waals surface area contributed by atoms with E-state index < -0.39 is 0 Å². The maximum Gasteiger partial charge on any atom is 0.316 e. The van der Waals surface area contributed by atoms with Crippen molar-refractivity contribution in [2.75, 3.05) is 5.75 Å². The van der Waals surface area contributed by atoms with Crippen molar-refractivity contribution in [1.82, 2.24) is 14.8 Å². The maximum absolute atomic E-state index is 12.1. The number of carbonyl (C=O) groups is 1. The van der Waals surface area contributed by atoms with Gasteiger partial charge < -0.3 is 14.4 Å². The largest absolute Gasteiger partial charge is 0.507 e. The zero-order chi connectivity index (χ0) is 19.5. The molecule has 0 atom stereocenters. The van der Waals surface area contributed by atoms with Crippen molar-refractivity contribution in [2.24, 2.45) is 7.05 Å². The summed E-state index contributed by atoms with van der Waals surface area (Å²) < 4.78 is 7.35. The van der Waals surface area contributed by atoms with Gasteiger partial charge in [-0.15, -0.1) is 10.2 Å². The van der Waals surface area contributed by atoms with Crippen LogP contribution < -0.4 is 0 Å². The summed E-state index contributed by atoms with van der Waals surface area (Å²) >= 11 is 1.30. The second-order valence-corrected chi connectivity index (χ2v) is 8.06. The normalized spacial score (nSPS) is 15.0. The van der Waals surface area contributed by atoms with Gasteiger partial charge in [-0.3, -0.25) is 4.79 Å². The number of aromatic nitrogens is 3. The van der Waals surface area contributed by atoms with Gasteiger partial charge in [0.05, 0.1) is 11.3 Å². The average molecular weight is 398 g/mol. The molecule has 1 saturated carbocycles. The summed E-state index contributed by atoms with van der Waals surface area (Å²) in [5, 5.41) is 21.4. The van der Waals surface area contributed by atoms with Gasteiger partial charge in [0.25, 0.3) is 0 Å². The van der Waals surface area contributed by atoms with Crippen LogP contribution in [0.3, 0.4) is 0 Å². The molecule has 1 aliphatic carbocycles. The van der Waals surface area contributed by atoms with E-state index in [0.29, 0.717) is 16.5 Å². The molecule has 7 heteroatoms. The van der Waals surface area contributed by atoms with Crippen molar-refractivity contribution in [1.29, 1.82) is 0 Å². The standard InChI is InChI=1S/C21H23N3O3S/c1-24-20(17-11-14-7-5-6-8-15(14)12-18(17)25)22-23-21(24)28-13-19(26)27-16-9-3-2-4-10-16/h5-8,11-12,16,25H,2-4,9-10,13H2,1H3. The Kier molecular flexibility index (Phi) is 5.52. The monoisotopic (exact) mass is 397 g/mol. The minimum Gasteiger partial charge on any atom is -0.507 e. The fourth-order valence-electron chi connectivity index (χ4n) is 3.61. The number of nitrogens with zero attached hydrogens (tertiary/aromatic N) is 3. The van der Waals surface area contributed by atoms with Crippen LogP contribution in [0, 0.1) is 0 Å². The van der Waals surface area contributed by atoms with E-state index in [1.165, 1.54) is 18.2 Å². The van der Waals surface area contributed by atoms with Crippen molar-refractivity contribution in [3.8, 4) is 17.1 Å². The molecule has 0 radical (unpaired) electrons. The minimum absolute atomic E-state index is 0.0615. The van der Waals surface area contributed by atoms with Crippen LogP contribution in [0.1, 0.15) is 32.1 Å². The van der Waals surface area contributed by atoms with Crippen LogP contribution in [0.15, 0.2) is 41.6 Å². The molecule has 1 N–H and O–H groups in total. The lowest BCUT2D eigenvalue weighted by Gasteiger charge is -2.21. The second-order valence-electron chi connectivity index (χ2n) is 7.12. The van der Waals surface area contributed by atoms with Crippen molar-refractivity contribution in [2.45, 2.75) is 43.4 Å². The molecule has 0 amide bonds.